The maximum atomic E-state index is 12.3. The lowest BCUT2D eigenvalue weighted by Crippen LogP contribution is -2.24. The van der Waals surface area contributed by atoms with E-state index in [0.717, 1.165) is 35.7 Å². The minimum Gasteiger partial charge on any atom is -0.461 e. The van der Waals surface area contributed by atoms with Gasteiger partial charge < -0.3 is 9.47 Å². The molecular weight excluding hydrogens is 463 g/mol. The van der Waals surface area contributed by atoms with E-state index in [1.165, 1.54) is 6.07 Å². The lowest BCUT2D eigenvalue weighted by atomic mass is 9.89. The number of hydrogen-bond acceptors (Lipinski definition) is 6. The Labute approximate surface area is 160 Å². The number of ether oxygens (including phenoxy) is 2. The SMILES string of the molecule is O=C(OCCS(=O)(=O)O)c1ccc(I)cc1OC(=O)C1CCCCC1. The van der Waals surface area contributed by atoms with Crippen LogP contribution in [-0.2, 0) is 19.6 Å². The van der Waals surface area contributed by atoms with E-state index in [2.05, 4.69) is 0 Å². The van der Waals surface area contributed by atoms with Gasteiger partial charge >= 0.3 is 11.9 Å². The average molecular weight is 482 g/mol. The summed E-state index contributed by atoms with van der Waals surface area (Å²) in [5.41, 5.74) is 0.0416. The van der Waals surface area contributed by atoms with Crippen molar-refractivity contribution in [3.8, 4) is 5.75 Å². The van der Waals surface area contributed by atoms with Crippen molar-refractivity contribution in [2.45, 2.75) is 32.1 Å². The molecule has 0 saturated heterocycles. The molecule has 1 N–H and O–H groups in total. The Hall–Kier alpha value is -1.20. The summed E-state index contributed by atoms with van der Waals surface area (Å²) in [5.74, 6) is -1.95. The first kappa shape index (κ1) is 20.1. The number of carbonyl (C=O) groups is 2. The monoisotopic (exact) mass is 482 g/mol. The van der Waals surface area contributed by atoms with E-state index < -0.39 is 28.4 Å². The largest absolute Gasteiger partial charge is 0.461 e. The maximum Gasteiger partial charge on any atom is 0.341 e. The summed E-state index contributed by atoms with van der Waals surface area (Å²) >= 11 is 2.03. The topological polar surface area (TPSA) is 107 Å². The molecule has 0 spiro atoms. The molecular formula is C16H19IO7S. The van der Waals surface area contributed by atoms with Crippen molar-refractivity contribution < 1.29 is 32.0 Å². The van der Waals surface area contributed by atoms with Gasteiger partial charge in [-0.2, -0.15) is 8.42 Å². The fraction of sp³-hybridized carbons (Fsp3) is 0.500. The molecule has 0 aromatic heterocycles. The Kier molecular flexibility index (Phi) is 7.20. The molecule has 25 heavy (non-hydrogen) atoms. The third-order valence-corrected chi connectivity index (χ3v) is 5.24. The van der Waals surface area contributed by atoms with Gasteiger partial charge in [0.25, 0.3) is 10.1 Å². The average Bonchev–Trinajstić information content (AvgIpc) is 2.54. The number of rotatable bonds is 6. The first-order valence-electron chi connectivity index (χ1n) is 7.90. The van der Waals surface area contributed by atoms with Gasteiger partial charge in [-0.15, -0.1) is 0 Å². The standard InChI is InChI=1S/C16H19IO7S/c17-12-6-7-13(16(19)23-8-9-25(20,21)22)14(10-12)24-15(18)11-4-2-1-3-5-11/h6-7,10-11H,1-5,8-9H2,(H,20,21,22). The molecule has 1 aromatic carbocycles. The maximum absolute atomic E-state index is 12.3. The predicted octanol–water partition coefficient (Wildman–Crippen LogP) is 2.82. The molecule has 7 nitrogen and oxygen atoms in total. The summed E-state index contributed by atoms with van der Waals surface area (Å²) < 4.78 is 41.1. The van der Waals surface area contributed by atoms with Crippen LogP contribution in [-0.4, -0.2) is 37.3 Å². The molecule has 0 heterocycles. The number of halogens is 1. The van der Waals surface area contributed by atoms with Crippen LogP contribution < -0.4 is 4.74 Å². The van der Waals surface area contributed by atoms with Gasteiger partial charge in [-0.3, -0.25) is 9.35 Å². The molecule has 1 aliphatic carbocycles. The third-order valence-electron chi connectivity index (χ3n) is 3.89. The van der Waals surface area contributed by atoms with Crippen LogP contribution >= 0.6 is 22.6 Å². The first-order chi connectivity index (χ1) is 11.8. The van der Waals surface area contributed by atoms with Crippen LogP contribution in [0.5, 0.6) is 5.75 Å². The number of benzene rings is 1. The Bertz CT molecular complexity index is 739. The van der Waals surface area contributed by atoms with E-state index in [1.807, 2.05) is 22.6 Å². The lowest BCUT2D eigenvalue weighted by molar-refractivity contribution is -0.140. The molecule has 0 unspecified atom stereocenters. The van der Waals surface area contributed by atoms with Crippen LogP contribution in [0.1, 0.15) is 42.5 Å². The molecule has 0 atom stereocenters. The molecule has 9 heteroatoms. The van der Waals surface area contributed by atoms with Crippen LogP contribution in [0.15, 0.2) is 18.2 Å². The minimum atomic E-state index is -4.22. The zero-order chi connectivity index (χ0) is 18.4. The normalized spacial score (nSPS) is 15.6. The fourth-order valence-electron chi connectivity index (χ4n) is 2.60. The summed E-state index contributed by atoms with van der Waals surface area (Å²) in [4.78, 5) is 24.4. The molecule has 0 amide bonds. The molecule has 2 rings (SSSR count). The quantitative estimate of drug-likeness (QED) is 0.288. The predicted molar refractivity (Wildman–Crippen MR) is 98.1 cm³/mol. The van der Waals surface area contributed by atoms with Crippen molar-refractivity contribution in [3.63, 3.8) is 0 Å². The first-order valence-corrected chi connectivity index (χ1v) is 10.6. The van der Waals surface area contributed by atoms with Crippen LogP contribution in [0.2, 0.25) is 0 Å². The van der Waals surface area contributed by atoms with Gasteiger partial charge in [-0.25, -0.2) is 4.79 Å². The molecule has 1 saturated carbocycles. The highest BCUT2D eigenvalue weighted by atomic mass is 127. The van der Waals surface area contributed by atoms with Gasteiger partial charge in [0.15, 0.2) is 0 Å². The van der Waals surface area contributed by atoms with E-state index in [9.17, 15) is 18.0 Å². The highest BCUT2D eigenvalue weighted by molar-refractivity contribution is 14.1. The second-order valence-corrected chi connectivity index (χ2v) is 8.64. The summed E-state index contributed by atoms with van der Waals surface area (Å²) in [6, 6.07) is 4.67. The van der Waals surface area contributed by atoms with Gasteiger partial charge in [0.05, 0.1) is 5.92 Å². The number of carbonyl (C=O) groups excluding carboxylic acids is 2. The van der Waals surface area contributed by atoms with Crippen LogP contribution in [0.4, 0.5) is 0 Å². The van der Waals surface area contributed by atoms with E-state index >= 15 is 0 Å². The smallest absolute Gasteiger partial charge is 0.341 e. The van der Waals surface area contributed by atoms with Crippen molar-refractivity contribution in [1.29, 1.82) is 0 Å². The second-order valence-electron chi connectivity index (χ2n) is 5.82. The van der Waals surface area contributed by atoms with Crippen LogP contribution in [0.25, 0.3) is 0 Å². The van der Waals surface area contributed by atoms with Gasteiger partial charge in [-0.1, -0.05) is 19.3 Å². The van der Waals surface area contributed by atoms with Crippen molar-refractivity contribution >= 4 is 44.6 Å². The van der Waals surface area contributed by atoms with Gasteiger partial charge in [0.2, 0.25) is 0 Å². The van der Waals surface area contributed by atoms with Gasteiger partial charge in [-0.05, 0) is 53.6 Å². The van der Waals surface area contributed by atoms with Gasteiger partial charge in [0, 0.05) is 3.57 Å². The van der Waals surface area contributed by atoms with E-state index in [4.69, 9.17) is 14.0 Å². The highest BCUT2D eigenvalue weighted by Gasteiger charge is 2.25. The fourth-order valence-corrected chi connectivity index (χ4v) is 3.35. The minimum absolute atomic E-state index is 0.0416. The van der Waals surface area contributed by atoms with Crippen LogP contribution in [0.3, 0.4) is 0 Å². The van der Waals surface area contributed by atoms with E-state index in [-0.39, 0.29) is 23.2 Å². The van der Waals surface area contributed by atoms with E-state index in [0.29, 0.717) is 0 Å². The Morgan fingerprint density at radius 2 is 1.88 bits per heavy atom. The van der Waals surface area contributed by atoms with Crippen molar-refractivity contribution in [3.05, 3.63) is 27.3 Å². The molecule has 1 aliphatic rings. The Balaban J connectivity index is 2.08. The summed E-state index contributed by atoms with van der Waals surface area (Å²) in [6.45, 7) is -0.486. The molecule has 0 radical (unpaired) electrons. The second kappa shape index (κ2) is 8.95. The number of hydrogen-bond donors (Lipinski definition) is 1. The summed E-state index contributed by atoms with van der Waals surface area (Å²) in [6.07, 6.45) is 4.62. The molecule has 1 aromatic rings. The lowest BCUT2D eigenvalue weighted by Gasteiger charge is -2.20. The number of esters is 2. The molecule has 138 valence electrons. The van der Waals surface area contributed by atoms with Crippen molar-refractivity contribution in [2.75, 3.05) is 12.4 Å². The molecule has 0 aliphatic heterocycles. The molecule has 0 bridgehead atoms. The van der Waals surface area contributed by atoms with Crippen LogP contribution in [0, 0.1) is 9.49 Å². The summed E-state index contributed by atoms with van der Waals surface area (Å²) in [5, 5.41) is 0. The Morgan fingerprint density at radius 1 is 1.20 bits per heavy atom. The molecule has 1 fully saturated rings. The van der Waals surface area contributed by atoms with Gasteiger partial charge in [0.1, 0.15) is 23.7 Å². The zero-order valence-electron chi connectivity index (χ0n) is 13.4. The zero-order valence-corrected chi connectivity index (χ0v) is 16.4. The highest BCUT2D eigenvalue weighted by Crippen LogP contribution is 2.28. The Morgan fingerprint density at radius 3 is 2.52 bits per heavy atom. The van der Waals surface area contributed by atoms with Crippen molar-refractivity contribution in [1.82, 2.24) is 0 Å². The van der Waals surface area contributed by atoms with Crippen molar-refractivity contribution in [2.24, 2.45) is 5.92 Å². The van der Waals surface area contributed by atoms with E-state index in [1.54, 1.807) is 12.1 Å². The third kappa shape index (κ3) is 6.55. The summed E-state index contributed by atoms with van der Waals surface area (Å²) in [7, 11) is -4.22.